The lowest BCUT2D eigenvalue weighted by Crippen LogP contribution is -2.24. The molecule has 94 valence electrons. The molecule has 0 bridgehead atoms. The van der Waals surface area contributed by atoms with E-state index in [1.807, 2.05) is 0 Å². The van der Waals surface area contributed by atoms with Crippen LogP contribution in [0.5, 0.6) is 5.88 Å². The van der Waals surface area contributed by atoms with Gasteiger partial charge in [0.2, 0.25) is 11.8 Å². The van der Waals surface area contributed by atoms with Gasteiger partial charge in [0.25, 0.3) is 0 Å². The first-order chi connectivity index (χ1) is 8.15. The molecule has 0 aliphatic carbocycles. The fourth-order valence-electron chi connectivity index (χ4n) is 1.03. The van der Waals surface area contributed by atoms with E-state index in [0.29, 0.717) is 5.82 Å². The summed E-state index contributed by atoms with van der Waals surface area (Å²) in [5.74, 6) is 0.335. The van der Waals surface area contributed by atoms with E-state index in [-0.39, 0.29) is 25.0 Å². The first-order valence-electron chi connectivity index (χ1n) is 5.01. The number of hydrogen-bond acceptors (Lipinski definition) is 6. The minimum atomic E-state index is -0.416. The van der Waals surface area contributed by atoms with E-state index in [1.54, 1.807) is 0 Å². The average Bonchev–Trinajstić information content (AvgIpc) is 2.30. The highest BCUT2D eigenvalue weighted by Crippen LogP contribution is 2.09. The minimum absolute atomic E-state index is 0.144. The molecule has 0 aliphatic rings. The van der Waals surface area contributed by atoms with E-state index in [9.17, 15) is 4.79 Å². The summed E-state index contributed by atoms with van der Waals surface area (Å²) >= 11 is 0. The Balaban J connectivity index is 2.56. The lowest BCUT2D eigenvalue weighted by Gasteiger charge is -2.13. The van der Waals surface area contributed by atoms with Crippen molar-refractivity contribution in [3.63, 3.8) is 0 Å². The SMILES string of the molecule is CO[C@@H](CO)COc1cncc(NC(C)=O)n1. The second kappa shape index (κ2) is 6.77. The third kappa shape index (κ3) is 4.75. The molecular formula is C10H15N3O4. The Labute approximate surface area is 98.8 Å². The van der Waals surface area contributed by atoms with Crippen LogP contribution in [0, 0.1) is 0 Å². The molecule has 1 heterocycles. The number of aliphatic hydroxyl groups excluding tert-OH is 1. The number of amides is 1. The molecule has 0 saturated heterocycles. The predicted octanol–water partition coefficient (Wildman–Crippen LogP) is -0.179. The topological polar surface area (TPSA) is 93.6 Å². The number of ether oxygens (including phenoxy) is 2. The van der Waals surface area contributed by atoms with E-state index < -0.39 is 6.10 Å². The molecule has 0 aliphatic heterocycles. The van der Waals surface area contributed by atoms with Crippen molar-refractivity contribution in [2.24, 2.45) is 0 Å². The van der Waals surface area contributed by atoms with Crippen molar-refractivity contribution in [2.45, 2.75) is 13.0 Å². The van der Waals surface area contributed by atoms with Gasteiger partial charge in [0.05, 0.1) is 19.0 Å². The third-order valence-corrected chi connectivity index (χ3v) is 1.87. The van der Waals surface area contributed by atoms with Gasteiger partial charge in [0.15, 0.2) is 5.82 Å². The molecule has 2 N–H and O–H groups in total. The molecule has 1 aromatic rings. The fourth-order valence-corrected chi connectivity index (χ4v) is 1.03. The highest BCUT2D eigenvalue weighted by molar-refractivity contribution is 5.87. The van der Waals surface area contributed by atoms with E-state index in [4.69, 9.17) is 14.6 Å². The molecule has 0 saturated carbocycles. The largest absolute Gasteiger partial charge is 0.474 e. The van der Waals surface area contributed by atoms with E-state index in [1.165, 1.54) is 26.4 Å². The van der Waals surface area contributed by atoms with Gasteiger partial charge < -0.3 is 19.9 Å². The molecule has 0 radical (unpaired) electrons. The van der Waals surface area contributed by atoms with Gasteiger partial charge in [-0.3, -0.25) is 9.78 Å². The van der Waals surface area contributed by atoms with Gasteiger partial charge in [-0.05, 0) is 0 Å². The molecule has 1 aromatic heterocycles. The summed E-state index contributed by atoms with van der Waals surface area (Å²) < 4.78 is 10.2. The van der Waals surface area contributed by atoms with E-state index >= 15 is 0 Å². The molecule has 1 atom stereocenters. The molecule has 0 fully saturated rings. The molecule has 0 spiro atoms. The van der Waals surface area contributed by atoms with Crippen LogP contribution in [0.1, 0.15) is 6.92 Å². The molecule has 7 nitrogen and oxygen atoms in total. The standard InChI is InChI=1S/C10H15N3O4/c1-7(15)12-9-3-11-4-10(13-9)17-6-8(5-14)16-2/h3-4,8,14H,5-6H2,1-2H3,(H,12,13,15)/t8-/m0/s1. The van der Waals surface area contributed by atoms with Crippen molar-refractivity contribution in [2.75, 3.05) is 25.6 Å². The summed E-state index contributed by atoms with van der Waals surface area (Å²) in [6, 6.07) is 0. The van der Waals surface area contributed by atoms with E-state index in [0.717, 1.165) is 0 Å². The van der Waals surface area contributed by atoms with Crippen LogP contribution in [-0.2, 0) is 9.53 Å². The van der Waals surface area contributed by atoms with Crippen LogP contribution in [0.15, 0.2) is 12.4 Å². The number of hydrogen-bond donors (Lipinski definition) is 2. The quantitative estimate of drug-likeness (QED) is 0.717. The van der Waals surface area contributed by atoms with Crippen molar-refractivity contribution in [3.8, 4) is 5.88 Å². The first-order valence-corrected chi connectivity index (χ1v) is 5.01. The number of nitrogens with one attached hydrogen (secondary N) is 1. The molecule has 1 rings (SSSR count). The number of anilines is 1. The summed E-state index contributed by atoms with van der Waals surface area (Å²) in [5.41, 5.74) is 0. The van der Waals surface area contributed by atoms with Gasteiger partial charge in [-0.1, -0.05) is 0 Å². The van der Waals surface area contributed by atoms with Crippen molar-refractivity contribution in [3.05, 3.63) is 12.4 Å². The maximum absolute atomic E-state index is 10.8. The van der Waals surface area contributed by atoms with Crippen LogP contribution < -0.4 is 10.1 Å². The second-order valence-corrected chi connectivity index (χ2v) is 3.28. The van der Waals surface area contributed by atoms with Gasteiger partial charge in [0.1, 0.15) is 12.7 Å². The zero-order valence-corrected chi connectivity index (χ0v) is 9.71. The summed E-state index contributed by atoms with van der Waals surface area (Å²) in [6.07, 6.45) is 2.41. The monoisotopic (exact) mass is 241 g/mol. The van der Waals surface area contributed by atoms with Gasteiger partial charge in [-0.25, -0.2) is 0 Å². The smallest absolute Gasteiger partial charge is 0.234 e. The van der Waals surface area contributed by atoms with Crippen LogP contribution in [-0.4, -0.2) is 47.4 Å². The predicted molar refractivity (Wildman–Crippen MR) is 59.7 cm³/mol. The zero-order valence-electron chi connectivity index (χ0n) is 9.71. The number of aromatic nitrogens is 2. The summed E-state index contributed by atoms with van der Waals surface area (Å²) in [7, 11) is 1.48. The van der Waals surface area contributed by atoms with Crippen LogP contribution in [0.25, 0.3) is 0 Å². The average molecular weight is 241 g/mol. The highest BCUT2D eigenvalue weighted by Gasteiger charge is 2.07. The van der Waals surface area contributed by atoms with Crippen LogP contribution in [0.4, 0.5) is 5.82 Å². The molecule has 1 amide bonds. The van der Waals surface area contributed by atoms with Crippen LogP contribution >= 0.6 is 0 Å². The molecular weight excluding hydrogens is 226 g/mol. The molecule has 0 aromatic carbocycles. The lowest BCUT2D eigenvalue weighted by atomic mass is 10.4. The number of nitrogens with zero attached hydrogens (tertiary/aromatic N) is 2. The number of aliphatic hydroxyl groups is 1. The Bertz CT molecular complexity index is 368. The normalized spacial score (nSPS) is 11.9. The Morgan fingerprint density at radius 3 is 2.94 bits per heavy atom. The summed E-state index contributed by atoms with van der Waals surface area (Å²) in [5, 5.41) is 11.4. The van der Waals surface area contributed by atoms with E-state index in [2.05, 4.69) is 15.3 Å². The summed E-state index contributed by atoms with van der Waals surface area (Å²) in [4.78, 5) is 18.7. The third-order valence-electron chi connectivity index (χ3n) is 1.87. The zero-order chi connectivity index (χ0) is 12.7. The van der Waals surface area contributed by atoms with Crippen molar-refractivity contribution in [1.29, 1.82) is 0 Å². The number of methoxy groups -OCH3 is 1. The van der Waals surface area contributed by atoms with Gasteiger partial charge >= 0.3 is 0 Å². The number of rotatable bonds is 6. The van der Waals surface area contributed by atoms with Gasteiger partial charge in [-0.2, -0.15) is 4.98 Å². The fraction of sp³-hybridized carbons (Fsp3) is 0.500. The Morgan fingerprint density at radius 2 is 2.35 bits per heavy atom. The molecule has 0 unspecified atom stereocenters. The number of carbonyl (C=O) groups is 1. The van der Waals surface area contributed by atoms with Crippen molar-refractivity contribution >= 4 is 11.7 Å². The maximum Gasteiger partial charge on any atom is 0.234 e. The number of carbonyl (C=O) groups excluding carboxylic acids is 1. The molecule has 7 heteroatoms. The van der Waals surface area contributed by atoms with Crippen molar-refractivity contribution < 1.29 is 19.4 Å². The summed E-state index contributed by atoms with van der Waals surface area (Å²) in [6.45, 7) is 1.39. The Kier molecular flexibility index (Phi) is 5.31. The first kappa shape index (κ1) is 13.3. The minimum Gasteiger partial charge on any atom is -0.474 e. The lowest BCUT2D eigenvalue weighted by molar-refractivity contribution is -0.114. The Hall–Kier alpha value is -1.73. The van der Waals surface area contributed by atoms with Crippen LogP contribution in [0.3, 0.4) is 0 Å². The van der Waals surface area contributed by atoms with Crippen molar-refractivity contribution in [1.82, 2.24) is 9.97 Å². The second-order valence-electron chi connectivity index (χ2n) is 3.28. The highest BCUT2D eigenvalue weighted by atomic mass is 16.5. The van der Waals surface area contributed by atoms with Crippen LogP contribution in [0.2, 0.25) is 0 Å². The van der Waals surface area contributed by atoms with Gasteiger partial charge in [0, 0.05) is 14.0 Å². The maximum atomic E-state index is 10.8. The van der Waals surface area contributed by atoms with Gasteiger partial charge in [-0.15, -0.1) is 0 Å². The Morgan fingerprint density at radius 1 is 1.59 bits per heavy atom. The molecule has 17 heavy (non-hydrogen) atoms.